The molecule has 108 valence electrons. The van der Waals surface area contributed by atoms with Crippen LogP contribution in [0.25, 0.3) is 0 Å². The molecule has 0 aliphatic carbocycles. The number of halogens is 4. The molecule has 2 nitrogen and oxygen atoms in total. The Morgan fingerprint density at radius 2 is 1.61 bits per heavy atom. The Morgan fingerprint density at radius 1 is 1.06 bits per heavy atom. The van der Waals surface area contributed by atoms with Crippen LogP contribution in [0.5, 0.6) is 0 Å². The summed E-state index contributed by atoms with van der Waals surface area (Å²) in [4.78, 5) is 3.77. The molecule has 1 fully saturated rings. The highest BCUT2D eigenvalue weighted by molar-refractivity contribution is 9.09. The lowest BCUT2D eigenvalue weighted by atomic mass is 10.0. The first-order chi connectivity index (χ1) is 8.40. The van der Waals surface area contributed by atoms with Gasteiger partial charge in [0.1, 0.15) is 0 Å². The first kappa shape index (κ1) is 16.2. The van der Waals surface area contributed by atoms with Gasteiger partial charge in [-0.1, -0.05) is 22.9 Å². The fourth-order valence-corrected chi connectivity index (χ4v) is 2.94. The molecule has 1 aliphatic heterocycles. The summed E-state index contributed by atoms with van der Waals surface area (Å²) in [6, 6.07) is 0. The Balaban J connectivity index is 2.15. The zero-order valence-electron chi connectivity index (χ0n) is 10.8. The summed E-state index contributed by atoms with van der Waals surface area (Å²) in [6.07, 6.45) is -1.77. The van der Waals surface area contributed by atoms with Crippen LogP contribution in [-0.2, 0) is 0 Å². The second-order valence-corrected chi connectivity index (χ2v) is 5.90. The molecule has 0 aromatic heterocycles. The predicted octanol–water partition coefficient (Wildman–Crippen LogP) is 2.98. The van der Waals surface area contributed by atoms with Crippen LogP contribution in [0.4, 0.5) is 13.2 Å². The van der Waals surface area contributed by atoms with Crippen molar-refractivity contribution in [2.75, 3.05) is 44.6 Å². The van der Waals surface area contributed by atoms with Crippen LogP contribution in [0.3, 0.4) is 0 Å². The molecule has 0 aromatic rings. The molecule has 0 spiro atoms. The molecular weight excluding hydrogens is 309 g/mol. The molecule has 18 heavy (non-hydrogen) atoms. The third kappa shape index (κ3) is 6.95. The van der Waals surface area contributed by atoms with Crippen LogP contribution in [0.1, 0.15) is 19.8 Å². The van der Waals surface area contributed by atoms with Gasteiger partial charge in [0.05, 0.1) is 6.54 Å². The van der Waals surface area contributed by atoms with Crippen LogP contribution >= 0.6 is 15.9 Å². The number of hydrogen-bond acceptors (Lipinski definition) is 2. The van der Waals surface area contributed by atoms with Crippen LogP contribution < -0.4 is 0 Å². The Bertz CT molecular complexity index is 228. The van der Waals surface area contributed by atoms with E-state index in [9.17, 15) is 13.2 Å². The second-order valence-electron chi connectivity index (χ2n) is 5.10. The summed E-state index contributed by atoms with van der Waals surface area (Å²) in [5.74, 6) is 0.678. The molecule has 0 aromatic carbocycles. The molecule has 6 heteroatoms. The van der Waals surface area contributed by atoms with E-state index in [1.54, 1.807) is 0 Å². The lowest BCUT2D eigenvalue weighted by Gasteiger charge is -2.35. The van der Waals surface area contributed by atoms with Crippen molar-refractivity contribution in [2.24, 2.45) is 5.92 Å². The summed E-state index contributed by atoms with van der Waals surface area (Å²) in [5.41, 5.74) is 0. The highest BCUT2D eigenvalue weighted by atomic mass is 79.9. The topological polar surface area (TPSA) is 6.48 Å². The maximum Gasteiger partial charge on any atom is 0.401 e. The van der Waals surface area contributed by atoms with Crippen LogP contribution in [0.15, 0.2) is 0 Å². The summed E-state index contributed by atoms with van der Waals surface area (Å²) < 4.78 is 36.6. The molecule has 1 atom stereocenters. The van der Waals surface area contributed by atoms with Crippen LogP contribution in [0, 0.1) is 5.92 Å². The standard InChI is InChI=1S/C12H22BrF3N2/c1-11(2-4-13)3-5-17-6-8-18(9-7-17)10-12(14,15)16/h11H,2-10H2,1H3. The SMILES string of the molecule is CC(CCBr)CCN1CCN(CC(F)(F)F)CC1. The Morgan fingerprint density at radius 3 is 2.11 bits per heavy atom. The van der Waals surface area contributed by atoms with Crippen molar-refractivity contribution in [1.29, 1.82) is 0 Å². The van der Waals surface area contributed by atoms with Gasteiger partial charge >= 0.3 is 6.18 Å². The van der Waals surface area contributed by atoms with Crippen molar-refractivity contribution >= 4 is 15.9 Å². The zero-order chi connectivity index (χ0) is 13.6. The van der Waals surface area contributed by atoms with Gasteiger partial charge in [0.15, 0.2) is 0 Å². The molecule has 0 radical (unpaired) electrons. The molecule has 0 bridgehead atoms. The molecule has 0 N–H and O–H groups in total. The monoisotopic (exact) mass is 330 g/mol. The van der Waals surface area contributed by atoms with Gasteiger partial charge in [-0.3, -0.25) is 4.90 Å². The third-order valence-electron chi connectivity index (χ3n) is 3.41. The van der Waals surface area contributed by atoms with E-state index in [2.05, 4.69) is 27.8 Å². The number of alkyl halides is 4. The molecule has 0 saturated carbocycles. The van der Waals surface area contributed by atoms with Gasteiger partial charge in [0.2, 0.25) is 0 Å². The van der Waals surface area contributed by atoms with Crippen molar-refractivity contribution in [3.63, 3.8) is 0 Å². The highest BCUT2D eigenvalue weighted by Crippen LogP contribution is 2.18. The van der Waals surface area contributed by atoms with Gasteiger partial charge in [-0.2, -0.15) is 13.2 Å². The normalized spacial score (nSPS) is 21.2. The zero-order valence-corrected chi connectivity index (χ0v) is 12.4. The maximum absolute atomic E-state index is 12.2. The Labute approximate surface area is 116 Å². The van der Waals surface area contributed by atoms with Crippen LogP contribution in [-0.4, -0.2) is 60.6 Å². The summed E-state index contributed by atoms with van der Waals surface area (Å²) in [6.45, 7) is 5.06. The number of piperazine rings is 1. The lowest BCUT2D eigenvalue weighted by Crippen LogP contribution is -2.49. The minimum absolute atomic E-state index is 0.534. The molecule has 1 aliphatic rings. The van der Waals surface area contributed by atoms with Gasteiger partial charge in [0, 0.05) is 31.5 Å². The van der Waals surface area contributed by atoms with E-state index in [0.29, 0.717) is 19.0 Å². The quantitative estimate of drug-likeness (QED) is 0.691. The molecular formula is C12H22BrF3N2. The minimum Gasteiger partial charge on any atom is -0.301 e. The molecule has 1 saturated heterocycles. The summed E-state index contributed by atoms with van der Waals surface area (Å²) in [7, 11) is 0. The predicted molar refractivity (Wildman–Crippen MR) is 71.1 cm³/mol. The first-order valence-electron chi connectivity index (χ1n) is 6.48. The number of nitrogens with zero attached hydrogens (tertiary/aromatic N) is 2. The average molecular weight is 331 g/mol. The van der Waals surface area contributed by atoms with Gasteiger partial charge in [-0.05, 0) is 25.3 Å². The van der Waals surface area contributed by atoms with E-state index >= 15 is 0 Å². The van der Waals surface area contributed by atoms with Crippen molar-refractivity contribution in [2.45, 2.75) is 25.9 Å². The van der Waals surface area contributed by atoms with E-state index in [1.807, 2.05) is 0 Å². The highest BCUT2D eigenvalue weighted by Gasteiger charge is 2.31. The minimum atomic E-state index is -4.06. The fourth-order valence-electron chi connectivity index (χ4n) is 2.16. The van der Waals surface area contributed by atoms with E-state index in [4.69, 9.17) is 0 Å². The van der Waals surface area contributed by atoms with Gasteiger partial charge in [0.25, 0.3) is 0 Å². The third-order valence-corrected chi connectivity index (χ3v) is 3.87. The van der Waals surface area contributed by atoms with Crippen molar-refractivity contribution in [3.8, 4) is 0 Å². The van der Waals surface area contributed by atoms with Crippen molar-refractivity contribution in [1.82, 2.24) is 9.80 Å². The largest absolute Gasteiger partial charge is 0.401 e. The molecule has 1 unspecified atom stereocenters. The van der Waals surface area contributed by atoms with E-state index in [1.165, 1.54) is 4.90 Å². The van der Waals surface area contributed by atoms with Gasteiger partial charge in [-0.15, -0.1) is 0 Å². The van der Waals surface area contributed by atoms with Crippen LogP contribution in [0.2, 0.25) is 0 Å². The average Bonchev–Trinajstić information content (AvgIpc) is 2.26. The van der Waals surface area contributed by atoms with E-state index in [-0.39, 0.29) is 0 Å². The second kappa shape index (κ2) is 7.70. The molecule has 1 rings (SSSR count). The number of hydrogen-bond donors (Lipinski definition) is 0. The summed E-state index contributed by atoms with van der Waals surface area (Å²) in [5, 5.41) is 1.02. The van der Waals surface area contributed by atoms with Crippen molar-refractivity contribution in [3.05, 3.63) is 0 Å². The van der Waals surface area contributed by atoms with Gasteiger partial charge in [-0.25, -0.2) is 0 Å². The molecule has 1 heterocycles. The number of rotatable bonds is 6. The fraction of sp³-hybridized carbons (Fsp3) is 1.00. The molecule has 0 amide bonds. The van der Waals surface area contributed by atoms with Gasteiger partial charge < -0.3 is 4.90 Å². The van der Waals surface area contributed by atoms with E-state index in [0.717, 1.165) is 37.8 Å². The first-order valence-corrected chi connectivity index (χ1v) is 7.60. The van der Waals surface area contributed by atoms with E-state index < -0.39 is 12.7 Å². The summed E-state index contributed by atoms with van der Waals surface area (Å²) >= 11 is 3.42. The Hall–Kier alpha value is 0.190. The van der Waals surface area contributed by atoms with Crippen molar-refractivity contribution < 1.29 is 13.2 Å². The Kier molecular flexibility index (Phi) is 6.95. The maximum atomic E-state index is 12.2. The lowest BCUT2D eigenvalue weighted by molar-refractivity contribution is -0.149. The smallest absolute Gasteiger partial charge is 0.301 e.